The van der Waals surface area contributed by atoms with Crippen molar-refractivity contribution >= 4 is 11.6 Å². The molecule has 3 rings (SSSR count). The Labute approximate surface area is 153 Å². The van der Waals surface area contributed by atoms with Crippen LogP contribution in [0.5, 0.6) is 23.0 Å². The van der Waals surface area contributed by atoms with Crippen LogP contribution in [0, 0.1) is 6.92 Å². The van der Waals surface area contributed by atoms with Crippen molar-refractivity contribution in [3.63, 3.8) is 0 Å². The predicted octanol–water partition coefficient (Wildman–Crippen LogP) is 5.93. The van der Waals surface area contributed by atoms with Gasteiger partial charge >= 0.3 is 0 Å². The third-order valence-corrected chi connectivity index (χ3v) is 3.78. The van der Waals surface area contributed by atoms with Crippen LogP contribution in [0.15, 0.2) is 72.8 Å². The van der Waals surface area contributed by atoms with Gasteiger partial charge in [-0.05, 0) is 67.6 Å². The van der Waals surface area contributed by atoms with Crippen molar-refractivity contribution < 1.29 is 14.3 Å². The quantitative estimate of drug-likeness (QED) is 0.601. The molecule has 0 aliphatic heterocycles. The summed E-state index contributed by atoms with van der Waals surface area (Å²) in [5, 5.41) is 2.81. The molecule has 26 heavy (non-hydrogen) atoms. The largest absolute Gasteiger partial charge is 0.457 e. The van der Waals surface area contributed by atoms with Crippen LogP contribution in [-0.4, -0.2) is 5.91 Å². The van der Waals surface area contributed by atoms with E-state index in [9.17, 15) is 4.79 Å². The molecule has 0 unspecified atom stereocenters. The standard InChI is InChI=1S/C22H21NO3/c1-3-22(24)23-17-6-10-19(11-7-17)26-21-14-12-20(13-15-21)25-18-8-4-16(2)5-9-18/h4-15H,3H2,1-2H3,(H,23,24). The first kappa shape index (κ1) is 17.5. The molecule has 4 nitrogen and oxygen atoms in total. The Balaban J connectivity index is 1.60. The fourth-order valence-electron chi connectivity index (χ4n) is 2.31. The van der Waals surface area contributed by atoms with Gasteiger partial charge in [-0.3, -0.25) is 4.79 Å². The first-order valence-corrected chi connectivity index (χ1v) is 8.55. The number of amides is 1. The number of anilines is 1. The van der Waals surface area contributed by atoms with E-state index in [4.69, 9.17) is 9.47 Å². The number of carbonyl (C=O) groups excluding carboxylic acids is 1. The first-order chi connectivity index (χ1) is 12.6. The molecule has 0 radical (unpaired) electrons. The van der Waals surface area contributed by atoms with E-state index in [2.05, 4.69) is 5.32 Å². The Morgan fingerprint density at radius 2 is 1.12 bits per heavy atom. The molecule has 1 amide bonds. The van der Waals surface area contributed by atoms with Gasteiger partial charge < -0.3 is 14.8 Å². The van der Waals surface area contributed by atoms with Crippen molar-refractivity contribution in [2.24, 2.45) is 0 Å². The van der Waals surface area contributed by atoms with Crippen LogP contribution in [-0.2, 0) is 4.79 Å². The average molecular weight is 347 g/mol. The zero-order valence-corrected chi connectivity index (χ0v) is 14.9. The van der Waals surface area contributed by atoms with Crippen LogP contribution in [0.1, 0.15) is 18.9 Å². The van der Waals surface area contributed by atoms with Crippen molar-refractivity contribution in [2.45, 2.75) is 20.3 Å². The topological polar surface area (TPSA) is 47.6 Å². The van der Waals surface area contributed by atoms with Crippen LogP contribution < -0.4 is 14.8 Å². The lowest BCUT2D eigenvalue weighted by atomic mass is 10.2. The van der Waals surface area contributed by atoms with E-state index in [1.807, 2.05) is 86.6 Å². The lowest BCUT2D eigenvalue weighted by Crippen LogP contribution is -2.08. The number of hydrogen-bond donors (Lipinski definition) is 1. The molecular formula is C22H21NO3. The molecule has 4 heteroatoms. The lowest BCUT2D eigenvalue weighted by molar-refractivity contribution is -0.115. The Kier molecular flexibility index (Phi) is 5.54. The minimum absolute atomic E-state index is 0.0113. The minimum atomic E-state index is -0.0113. The summed E-state index contributed by atoms with van der Waals surface area (Å²) in [5.74, 6) is 2.95. The van der Waals surface area contributed by atoms with Crippen LogP contribution in [0.2, 0.25) is 0 Å². The van der Waals surface area contributed by atoms with Crippen LogP contribution >= 0.6 is 0 Å². The molecule has 132 valence electrons. The van der Waals surface area contributed by atoms with E-state index < -0.39 is 0 Å². The third-order valence-electron chi connectivity index (χ3n) is 3.78. The highest BCUT2D eigenvalue weighted by Gasteiger charge is 2.02. The van der Waals surface area contributed by atoms with Crippen LogP contribution in [0.4, 0.5) is 5.69 Å². The van der Waals surface area contributed by atoms with Gasteiger partial charge in [-0.2, -0.15) is 0 Å². The average Bonchev–Trinajstić information content (AvgIpc) is 2.66. The highest BCUT2D eigenvalue weighted by molar-refractivity contribution is 5.90. The van der Waals surface area contributed by atoms with Crippen molar-refractivity contribution in [3.8, 4) is 23.0 Å². The smallest absolute Gasteiger partial charge is 0.224 e. The van der Waals surface area contributed by atoms with E-state index in [-0.39, 0.29) is 5.91 Å². The molecule has 0 aliphatic carbocycles. The van der Waals surface area contributed by atoms with Gasteiger partial charge in [0.25, 0.3) is 0 Å². The van der Waals surface area contributed by atoms with E-state index >= 15 is 0 Å². The second-order valence-electron chi connectivity index (χ2n) is 5.91. The maximum absolute atomic E-state index is 11.4. The molecule has 0 saturated heterocycles. The van der Waals surface area contributed by atoms with Gasteiger partial charge in [0.1, 0.15) is 23.0 Å². The number of carbonyl (C=O) groups is 1. The summed E-state index contributed by atoms with van der Waals surface area (Å²) in [4.78, 5) is 11.4. The normalized spacial score (nSPS) is 10.2. The predicted molar refractivity (Wildman–Crippen MR) is 103 cm³/mol. The van der Waals surface area contributed by atoms with E-state index in [0.717, 1.165) is 17.2 Å². The lowest BCUT2D eigenvalue weighted by Gasteiger charge is -2.09. The van der Waals surface area contributed by atoms with Gasteiger partial charge in [-0.1, -0.05) is 24.6 Å². The first-order valence-electron chi connectivity index (χ1n) is 8.55. The Morgan fingerprint density at radius 3 is 1.54 bits per heavy atom. The zero-order chi connectivity index (χ0) is 18.4. The highest BCUT2D eigenvalue weighted by atomic mass is 16.5. The molecular weight excluding hydrogens is 326 g/mol. The summed E-state index contributed by atoms with van der Waals surface area (Å²) in [5.41, 5.74) is 1.95. The molecule has 0 saturated carbocycles. The van der Waals surface area contributed by atoms with E-state index in [1.165, 1.54) is 5.56 Å². The summed E-state index contributed by atoms with van der Waals surface area (Å²) in [6.45, 7) is 3.86. The minimum Gasteiger partial charge on any atom is -0.457 e. The molecule has 0 fully saturated rings. The van der Waals surface area contributed by atoms with Gasteiger partial charge in [0.2, 0.25) is 5.91 Å². The van der Waals surface area contributed by atoms with Crippen molar-refractivity contribution in [3.05, 3.63) is 78.4 Å². The fourth-order valence-corrected chi connectivity index (χ4v) is 2.31. The number of ether oxygens (including phenoxy) is 2. The van der Waals surface area contributed by atoms with E-state index in [1.54, 1.807) is 0 Å². The molecule has 0 bridgehead atoms. The summed E-state index contributed by atoms with van der Waals surface area (Å²) in [6, 6.07) is 22.6. The maximum atomic E-state index is 11.4. The number of benzene rings is 3. The van der Waals surface area contributed by atoms with Gasteiger partial charge in [0, 0.05) is 12.1 Å². The Hall–Kier alpha value is -3.27. The molecule has 3 aromatic carbocycles. The number of aryl methyl sites for hydroxylation is 1. The van der Waals surface area contributed by atoms with Gasteiger partial charge in [0.15, 0.2) is 0 Å². The van der Waals surface area contributed by atoms with Crippen molar-refractivity contribution in [1.82, 2.24) is 0 Å². The van der Waals surface area contributed by atoms with Crippen molar-refractivity contribution in [1.29, 1.82) is 0 Å². The van der Waals surface area contributed by atoms with Gasteiger partial charge in [-0.25, -0.2) is 0 Å². The molecule has 1 N–H and O–H groups in total. The van der Waals surface area contributed by atoms with Crippen LogP contribution in [0.3, 0.4) is 0 Å². The summed E-state index contributed by atoms with van der Waals surface area (Å²) >= 11 is 0. The SMILES string of the molecule is CCC(=O)Nc1ccc(Oc2ccc(Oc3ccc(C)cc3)cc2)cc1. The molecule has 0 heterocycles. The molecule has 0 aromatic heterocycles. The number of rotatable bonds is 6. The zero-order valence-electron chi connectivity index (χ0n) is 14.9. The number of nitrogens with one attached hydrogen (secondary N) is 1. The molecule has 3 aromatic rings. The van der Waals surface area contributed by atoms with Crippen LogP contribution in [0.25, 0.3) is 0 Å². The van der Waals surface area contributed by atoms with Gasteiger partial charge in [-0.15, -0.1) is 0 Å². The Morgan fingerprint density at radius 1 is 0.731 bits per heavy atom. The number of hydrogen-bond acceptors (Lipinski definition) is 3. The summed E-state index contributed by atoms with van der Waals surface area (Å²) in [7, 11) is 0. The molecule has 0 atom stereocenters. The summed E-state index contributed by atoms with van der Waals surface area (Å²) < 4.78 is 11.6. The third kappa shape index (κ3) is 4.86. The highest BCUT2D eigenvalue weighted by Crippen LogP contribution is 2.27. The maximum Gasteiger partial charge on any atom is 0.224 e. The van der Waals surface area contributed by atoms with E-state index in [0.29, 0.717) is 17.9 Å². The second-order valence-corrected chi connectivity index (χ2v) is 5.91. The monoisotopic (exact) mass is 347 g/mol. The molecule has 0 aliphatic rings. The van der Waals surface area contributed by atoms with Gasteiger partial charge in [0.05, 0.1) is 0 Å². The summed E-state index contributed by atoms with van der Waals surface area (Å²) in [6.07, 6.45) is 0.454. The molecule has 0 spiro atoms. The fraction of sp³-hybridized carbons (Fsp3) is 0.136. The second kappa shape index (κ2) is 8.21. The van der Waals surface area contributed by atoms with Crippen molar-refractivity contribution in [2.75, 3.05) is 5.32 Å². The Bertz CT molecular complexity index is 853.